The van der Waals surface area contributed by atoms with Gasteiger partial charge in [-0.15, -0.1) is 0 Å². The van der Waals surface area contributed by atoms with Crippen molar-refractivity contribution in [1.29, 1.82) is 5.26 Å². The first-order chi connectivity index (χ1) is 8.74. The average molecular weight is 244 g/mol. The molecule has 1 aromatic rings. The first-order valence-electron chi connectivity index (χ1n) is 6.51. The summed E-state index contributed by atoms with van der Waals surface area (Å²) in [5, 5.41) is 12.4. The van der Waals surface area contributed by atoms with Crippen molar-refractivity contribution in [1.82, 2.24) is 5.32 Å². The van der Waals surface area contributed by atoms with Gasteiger partial charge in [-0.3, -0.25) is 0 Å². The van der Waals surface area contributed by atoms with Crippen molar-refractivity contribution in [2.45, 2.75) is 25.8 Å². The van der Waals surface area contributed by atoms with Crippen LogP contribution in [0.2, 0.25) is 0 Å². The summed E-state index contributed by atoms with van der Waals surface area (Å²) in [7, 11) is 1.68. The number of hydrogen-bond donors (Lipinski definition) is 1. The van der Waals surface area contributed by atoms with E-state index in [9.17, 15) is 0 Å². The normalized spacial score (nSPS) is 17.8. The van der Waals surface area contributed by atoms with Gasteiger partial charge < -0.3 is 10.1 Å². The summed E-state index contributed by atoms with van der Waals surface area (Å²) in [5.74, 6) is 1.67. The Bertz CT molecular complexity index is 417. The summed E-state index contributed by atoms with van der Waals surface area (Å²) in [4.78, 5) is 0. The molecule has 0 aliphatic heterocycles. The van der Waals surface area contributed by atoms with Crippen molar-refractivity contribution in [2.75, 3.05) is 13.7 Å². The van der Waals surface area contributed by atoms with Gasteiger partial charge in [-0.1, -0.05) is 12.1 Å². The van der Waals surface area contributed by atoms with Gasteiger partial charge in [-0.2, -0.15) is 5.26 Å². The molecule has 18 heavy (non-hydrogen) atoms. The summed E-state index contributed by atoms with van der Waals surface area (Å²) in [6.45, 7) is 2.70. The second kappa shape index (κ2) is 5.88. The SMILES string of the molecule is COc1ccc(C(NCC(C)C#N)C2CC2)cc1. The minimum absolute atomic E-state index is 0.0597. The molecule has 0 spiro atoms. The monoisotopic (exact) mass is 244 g/mol. The molecule has 1 saturated carbocycles. The van der Waals surface area contributed by atoms with Crippen LogP contribution in [-0.2, 0) is 0 Å². The minimum atomic E-state index is 0.0597. The fraction of sp³-hybridized carbons (Fsp3) is 0.533. The van der Waals surface area contributed by atoms with E-state index in [4.69, 9.17) is 10.00 Å². The summed E-state index contributed by atoms with van der Waals surface area (Å²) in [6.07, 6.45) is 2.56. The Kier molecular flexibility index (Phi) is 4.22. The lowest BCUT2D eigenvalue weighted by Gasteiger charge is -2.19. The zero-order chi connectivity index (χ0) is 13.0. The second-order valence-electron chi connectivity index (χ2n) is 5.03. The van der Waals surface area contributed by atoms with Gasteiger partial charge in [-0.25, -0.2) is 0 Å². The number of nitriles is 1. The van der Waals surface area contributed by atoms with Crippen molar-refractivity contribution in [3.8, 4) is 11.8 Å². The van der Waals surface area contributed by atoms with Crippen molar-refractivity contribution in [2.24, 2.45) is 11.8 Å². The summed E-state index contributed by atoms with van der Waals surface area (Å²) < 4.78 is 5.18. The molecule has 0 radical (unpaired) electrons. The van der Waals surface area contributed by atoms with Gasteiger partial charge in [0.05, 0.1) is 19.1 Å². The van der Waals surface area contributed by atoms with Crippen molar-refractivity contribution in [3.05, 3.63) is 29.8 Å². The van der Waals surface area contributed by atoms with Gasteiger partial charge >= 0.3 is 0 Å². The van der Waals surface area contributed by atoms with Gasteiger partial charge in [-0.05, 0) is 43.4 Å². The third-order valence-corrected chi connectivity index (χ3v) is 3.43. The third kappa shape index (κ3) is 3.24. The average Bonchev–Trinajstić information content (AvgIpc) is 3.24. The van der Waals surface area contributed by atoms with Gasteiger partial charge in [0.15, 0.2) is 0 Å². The molecule has 2 rings (SSSR count). The van der Waals surface area contributed by atoms with Gasteiger partial charge in [0.2, 0.25) is 0 Å². The maximum atomic E-state index is 8.83. The predicted octanol–water partition coefficient (Wildman–Crippen LogP) is 2.90. The van der Waals surface area contributed by atoms with E-state index in [0.717, 1.165) is 18.2 Å². The predicted molar refractivity (Wildman–Crippen MR) is 71.2 cm³/mol. The summed E-state index contributed by atoms with van der Waals surface area (Å²) in [6, 6.07) is 10.9. The van der Waals surface area contributed by atoms with E-state index in [1.807, 2.05) is 19.1 Å². The highest BCUT2D eigenvalue weighted by atomic mass is 16.5. The molecule has 2 atom stereocenters. The standard InChI is InChI=1S/C15H20N2O/c1-11(9-16)10-17-15(12-3-4-12)13-5-7-14(18-2)8-6-13/h5-8,11-12,15,17H,3-4,10H2,1-2H3. The molecule has 0 amide bonds. The largest absolute Gasteiger partial charge is 0.497 e. The lowest BCUT2D eigenvalue weighted by atomic mass is 10.0. The van der Waals surface area contributed by atoms with Crippen LogP contribution >= 0.6 is 0 Å². The Balaban J connectivity index is 2.02. The molecule has 96 valence electrons. The molecule has 0 aromatic heterocycles. The fourth-order valence-corrected chi connectivity index (χ4v) is 2.15. The van der Waals surface area contributed by atoms with Gasteiger partial charge in [0.25, 0.3) is 0 Å². The minimum Gasteiger partial charge on any atom is -0.497 e. The van der Waals surface area contributed by atoms with E-state index >= 15 is 0 Å². The number of nitrogens with zero attached hydrogens (tertiary/aromatic N) is 1. The van der Waals surface area contributed by atoms with Gasteiger partial charge in [0.1, 0.15) is 5.75 Å². The van der Waals surface area contributed by atoms with E-state index in [1.165, 1.54) is 18.4 Å². The maximum Gasteiger partial charge on any atom is 0.118 e. The molecule has 1 aromatic carbocycles. The number of ether oxygens (including phenoxy) is 1. The third-order valence-electron chi connectivity index (χ3n) is 3.43. The molecule has 0 heterocycles. The van der Waals surface area contributed by atoms with Crippen LogP contribution in [0.4, 0.5) is 0 Å². The van der Waals surface area contributed by atoms with Crippen LogP contribution in [0.15, 0.2) is 24.3 Å². The summed E-state index contributed by atoms with van der Waals surface area (Å²) >= 11 is 0. The van der Waals surface area contributed by atoms with Crippen LogP contribution in [0.25, 0.3) is 0 Å². The van der Waals surface area contributed by atoms with E-state index in [1.54, 1.807) is 7.11 Å². The van der Waals surface area contributed by atoms with Crippen molar-refractivity contribution < 1.29 is 4.74 Å². The molecular weight excluding hydrogens is 224 g/mol. The van der Waals surface area contributed by atoms with E-state index in [0.29, 0.717) is 6.04 Å². The Morgan fingerprint density at radius 2 is 2.06 bits per heavy atom. The Morgan fingerprint density at radius 1 is 1.39 bits per heavy atom. The van der Waals surface area contributed by atoms with Crippen LogP contribution in [0.1, 0.15) is 31.4 Å². The quantitative estimate of drug-likeness (QED) is 0.837. The number of nitrogens with one attached hydrogen (secondary N) is 1. The molecular formula is C15H20N2O. The lowest BCUT2D eigenvalue weighted by molar-refractivity contribution is 0.413. The molecule has 2 unspecified atom stereocenters. The molecule has 0 bridgehead atoms. The van der Waals surface area contributed by atoms with Crippen LogP contribution in [0.3, 0.4) is 0 Å². The second-order valence-corrected chi connectivity index (χ2v) is 5.03. The Hall–Kier alpha value is -1.53. The molecule has 3 heteroatoms. The lowest BCUT2D eigenvalue weighted by Crippen LogP contribution is -2.27. The number of benzene rings is 1. The first-order valence-corrected chi connectivity index (χ1v) is 6.51. The topological polar surface area (TPSA) is 45.0 Å². The molecule has 0 saturated heterocycles. The fourth-order valence-electron chi connectivity index (χ4n) is 2.15. The van der Waals surface area contributed by atoms with Crippen LogP contribution in [0, 0.1) is 23.2 Å². The molecule has 1 fully saturated rings. The number of methoxy groups -OCH3 is 1. The molecule has 1 N–H and O–H groups in total. The highest BCUT2D eigenvalue weighted by Crippen LogP contribution is 2.41. The molecule has 1 aliphatic carbocycles. The zero-order valence-corrected chi connectivity index (χ0v) is 11.0. The van der Waals surface area contributed by atoms with Gasteiger partial charge in [0, 0.05) is 12.6 Å². The zero-order valence-electron chi connectivity index (χ0n) is 11.0. The van der Waals surface area contributed by atoms with Crippen molar-refractivity contribution in [3.63, 3.8) is 0 Å². The highest BCUT2D eigenvalue weighted by molar-refractivity contribution is 5.30. The van der Waals surface area contributed by atoms with Crippen LogP contribution in [0.5, 0.6) is 5.75 Å². The summed E-state index contributed by atoms with van der Waals surface area (Å²) in [5.41, 5.74) is 1.29. The highest BCUT2D eigenvalue weighted by Gasteiger charge is 2.32. The number of hydrogen-bond acceptors (Lipinski definition) is 3. The molecule has 1 aliphatic rings. The van der Waals surface area contributed by atoms with Crippen LogP contribution < -0.4 is 10.1 Å². The molecule has 3 nitrogen and oxygen atoms in total. The first kappa shape index (κ1) is 12.9. The number of rotatable bonds is 6. The van der Waals surface area contributed by atoms with E-state index in [-0.39, 0.29) is 5.92 Å². The van der Waals surface area contributed by atoms with E-state index in [2.05, 4.69) is 23.5 Å². The van der Waals surface area contributed by atoms with Crippen molar-refractivity contribution >= 4 is 0 Å². The van der Waals surface area contributed by atoms with E-state index < -0.39 is 0 Å². The Morgan fingerprint density at radius 3 is 2.56 bits per heavy atom. The smallest absolute Gasteiger partial charge is 0.118 e. The maximum absolute atomic E-state index is 8.83. The van der Waals surface area contributed by atoms with Crippen LogP contribution in [-0.4, -0.2) is 13.7 Å². The Labute approximate surface area is 109 Å².